The van der Waals surface area contributed by atoms with Crippen molar-refractivity contribution in [1.82, 2.24) is 39.2 Å². The largest absolute Gasteiger partial charge is 0.376 e. The van der Waals surface area contributed by atoms with Gasteiger partial charge in [-0.3, -0.25) is 29.0 Å². The van der Waals surface area contributed by atoms with Crippen LogP contribution in [-0.4, -0.2) is 169 Å². The van der Waals surface area contributed by atoms with Gasteiger partial charge in [0.05, 0.1) is 76.3 Å². The summed E-state index contributed by atoms with van der Waals surface area (Å²) in [6.07, 6.45) is 9.89. The Labute approximate surface area is 463 Å². The number of rotatable bonds is 16. The number of nitrogens with zero attached hydrogens (tertiary/aromatic N) is 8. The summed E-state index contributed by atoms with van der Waals surface area (Å²) in [4.78, 5) is 10.1. The van der Waals surface area contributed by atoms with Crippen LogP contribution in [0.2, 0.25) is 0 Å². The third kappa shape index (κ3) is 21.3. The molecule has 1 aliphatic heterocycles. The van der Waals surface area contributed by atoms with Gasteiger partial charge < -0.3 is 18.9 Å². The fraction of sp³-hybridized carbons (Fsp3) is 0.719. The molecule has 428 valence electrons. The molecule has 8 atom stereocenters. The van der Waals surface area contributed by atoms with Crippen molar-refractivity contribution < 1.29 is 18.9 Å². The molecule has 4 aromatic rings. The molecule has 0 bridgehead atoms. The SMILES string of the molecule is Cc1cnn(Cc2ccc(C[C@@H]3CN(C)[C@@H](CC(C)C)CO[C@H](C)CN(C)[C@@H](CC(C)C)CO[C@H](Cc4ccc(Cn5ncc(C)c5C)cc4)CN(C)[C@@H](CC(C)C)CO[C@H](C)CN(C)[C@@H](CC(C)C)CO3)cc2)c1C. The van der Waals surface area contributed by atoms with Crippen molar-refractivity contribution >= 4 is 0 Å². The van der Waals surface area contributed by atoms with Gasteiger partial charge in [-0.25, -0.2) is 0 Å². The van der Waals surface area contributed by atoms with E-state index in [4.69, 9.17) is 18.9 Å². The molecule has 1 saturated heterocycles. The van der Waals surface area contributed by atoms with Crippen molar-refractivity contribution in [3.8, 4) is 0 Å². The Morgan fingerprint density at radius 3 is 0.974 bits per heavy atom. The van der Waals surface area contributed by atoms with E-state index in [0.717, 1.165) is 77.8 Å². The topological polar surface area (TPSA) is 85.5 Å². The Balaban J connectivity index is 1.41. The van der Waals surface area contributed by atoms with Crippen LogP contribution in [-0.2, 0) is 44.9 Å². The quantitative estimate of drug-likeness (QED) is 0.108. The Hall–Kier alpha value is -3.46. The normalized spacial score (nSPS) is 25.0. The summed E-state index contributed by atoms with van der Waals surface area (Å²) >= 11 is 0. The molecular weight excluding hydrogens is 945 g/mol. The van der Waals surface area contributed by atoms with Gasteiger partial charge in [0, 0.05) is 61.7 Å². The lowest BCUT2D eigenvalue weighted by Crippen LogP contribution is -2.47. The van der Waals surface area contributed by atoms with Crippen LogP contribution in [0.3, 0.4) is 0 Å². The molecular formula is C64H108N8O4. The molecule has 0 saturated carbocycles. The fourth-order valence-corrected chi connectivity index (χ4v) is 11.1. The molecule has 0 N–H and O–H groups in total. The molecule has 0 aliphatic carbocycles. The van der Waals surface area contributed by atoms with Crippen LogP contribution in [0.1, 0.15) is 140 Å². The summed E-state index contributed by atoms with van der Waals surface area (Å²) in [5, 5.41) is 9.26. The number of likely N-dealkylation sites (N-methyl/N-ethyl adjacent to an activating group) is 4. The molecule has 0 unspecified atom stereocenters. The van der Waals surface area contributed by atoms with Crippen molar-refractivity contribution in [2.75, 3.05) is 80.8 Å². The standard InChI is InChI=1S/C64H108N8O4/c1-45(2)27-59-41-73-51(11)35-67(15)62(30-48(7)8)44-76-64(32-56-21-25-58(26-22-56)38-72-54(14)50(10)34-66-72)40-70(18)60(28-46(3)4)42-74-52(12)36-68(16)61(29-47(5)6)43-75-63(39-69(59)17)31-55-19-23-57(24-20-55)37-71-53(13)49(9)33-65-71/h19-26,33-34,45-48,51-52,59-64H,27-32,35-44H2,1-18H3/t51-,52-,59+,60+,61+,62+,63-,64-/m1/s1. The first-order chi connectivity index (χ1) is 36.0. The van der Waals surface area contributed by atoms with E-state index in [1.807, 2.05) is 12.4 Å². The van der Waals surface area contributed by atoms with Crippen LogP contribution in [0.15, 0.2) is 60.9 Å². The van der Waals surface area contributed by atoms with Crippen LogP contribution in [0, 0.1) is 51.4 Å². The van der Waals surface area contributed by atoms with Gasteiger partial charge in [-0.2, -0.15) is 10.2 Å². The highest BCUT2D eigenvalue weighted by atomic mass is 16.5. The van der Waals surface area contributed by atoms with Crippen molar-refractivity contribution in [3.63, 3.8) is 0 Å². The summed E-state index contributed by atoms with van der Waals surface area (Å²) in [7, 11) is 9.12. The van der Waals surface area contributed by atoms with Crippen LogP contribution in [0.4, 0.5) is 0 Å². The van der Waals surface area contributed by atoms with Gasteiger partial charge in [0.25, 0.3) is 0 Å². The number of aryl methyl sites for hydroxylation is 2. The first-order valence-electron chi connectivity index (χ1n) is 29.4. The smallest absolute Gasteiger partial charge is 0.0743 e. The minimum Gasteiger partial charge on any atom is -0.376 e. The maximum absolute atomic E-state index is 7.20. The summed E-state index contributed by atoms with van der Waals surface area (Å²) in [5.74, 6) is 2.10. The summed E-state index contributed by atoms with van der Waals surface area (Å²) in [6.45, 7) is 39.2. The van der Waals surface area contributed by atoms with Gasteiger partial charge in [0.2, 0.25) is 0 Å². The minimum absolute atomic E-state index is 0.000953. The lowest BCUT2D eigenvalue weighted by molar-refractivity contribution is -0.0536. The molecule has 0 spiro atoms. The van der Waals surface area contributed by atoms with E-state index in [-0.39, 0.29) is 48.6 Å². The van der Waals surface area contributed by atoms with E-state index in [1.165, 1.54) is 44.8 Å². The Morgan fingerprint density at radius 1 is 0.421 bits per heavy atom. The highest BCUT2D eigenvalue weighted by molar-refractivity contribution is 5.26. The van der Waals surface area contributed by atoms with Crippen LogP contribution in [0.25, 0.3) is 0 Å². The zero-order valence-corrected chi connectivity index (χ0v) is 51.2. The zero-order valence-electron chi connectivity index (χ0n) is 51.2. The van der Waals surface area contributed by atoms with Crippen molar-refractivity contribution in [2.45, 2.75) is 197 Å². The highest BCUT2D eigenvalue weighted by Crippen LogP contribution is 2.23. The summed E-state index contributed by atoms with van der Waals surface area (Å²) < 4.78 is 32.4. The average molecular weight is 1050 g/mol. The summed E-state index contributed by atoms with van der Waals surface area (Å²) in [6, 6.07) is 19.3. The molecule has 5 rings (SSSR count). The first kappa shape index (κ1) is 63.4. The maximum Gasteiger partial charge on any atom is 0.0743 e. The first-order valence-corrected chi connectivity index (χ1v) is 29.4. The summed E-state index contributed by atoms with van der Waals surface area (Å²) in [5.41, 5.74) is 9.97. The maximum atomic E-state index is 7.20. The van der Waals surface area contributed by atoms with Gasteiger partial charge in [-0.15, -0.1) is 0 Å². The molecule has 76 heavy (non-hydrogen) atoms. The molecule has 2 aromatic heterocycles. The lowest BCUT2D eigenvalue weighted by Gasteiger charge is -2.37. The van der Waals surface area contributed by atoms with Crippen molar-refractivity contribution in [2.24, 2.45) is 23.7 Å². The molecule has 1 fully saturated rings. The molecule has 0 amide bonds. The van der Waals surface area contributed by atoms with E-state index < -0.39 is 0 Å². The number of hydrogen-bond acceptors (Lipinski definition) is 10. The van der Waals surface area contributed by atoms with E-state index >= 15 is 0 Å². The Kier molecular flexibility index (Phi) is 26.2. The third-order valence-electron chi connectivity index (χ3n) is 16.1. The molecule has 3 heterocycles. The lowest BCUT2D eigenvalue weighted by atomic mass is 10.0. The number of ether oxygens (including phenoxy) is 4. The number of benzene rings is 2. The highest BCUT2D eigenvalue weighted by Gasteiger charge is 2.29. The van der Waals surface area contributed by atoms with Crippen LogP contribution < -0.4 is 0 Å². The monoisotopic (exact) mass is 1050 g/mol. The van der Waals surface area contributed by atoms with Crippen LogP contribution >= 0.6 is 0 Å². The second kappa shape index (κ2) is 31.4. The predicted octanol–water partition coefficient (Wildman–Crippen LogP) is 11.2. The average Bonchev–Trinajstić information content (AvgIpc) is 3.84. The van der Waals surface area contributed by atoms with Gasteiger partial charge in [0.15, 0.2) is 0 Å². The van der Waals surface area contributed by atoms with E-state index in [0.29, 0.717) is 50.1 Å². The molecule has 12 nitrogen and oxygen atoms in total. The van der Waals surface area contributed by atoms with Gasteiger partial charge in [0.1, 0.15) is 0 Å². The Bertz CT molecular complexity index is 2050. The van der Waals surface area contributed by atoms with Gasteiger partial charge in [-0.05, 0) is 165 Å². The molecule has 12 heteroatoms. The fourth-order valence-electron chi connectivity index (χ4n) is 11.1. The number of hydrogen-bond donors (Lipinski definition) is 0. The molecule has 0 radical (unpaired) electrons. The second-order valence-electron chi connectivity index (χ2n) is 25.3. The van der Waals surface area contributed by atoms with Gasteiger partial charge >= 0.3 is 0 Å². The molecule has 2 aromatic carbocycles. The third-order valence-corrected chi connectivity index (χ3v) is 16.1. The Morgan fingerprint density at radius 2 is 0.697 bits per heavy atom. The van der Waals surface area contributed by atoms with E-state index in [1.54, 1.807) is 0 Å². The van der Waals surface area contributed by atoms with Crippen LogP contribution in [0.5, 0.6) is 0 Å². The predicted molar refractivity (Wildman–Crippen MR) is 316 cm³/mol. The minimum atomic E-state index is 0.000953. The second-order valence-corrected chi connectivity index (χ2v) is 25.3. The van der Waals surface area contributed by atoms with E-state index in [9.17, 15) is 0 Å². The molecule has 1 aliphatic rings. The zero-order chi connectivity index (χ0) is 55.6. The van der Waals surface area contributed by atoms with E-state index in [2.05, 4.69) is 213 Å². The van der Waals surface area contributed by atoms with Crippen molar-refractivity contribution in [1.29, 1.82) is 0 Å². The van der Waals surface area contributed by atoms with Gasteiger partial charge in [-0.1, -0.05) is 104 Å². The van der Waals surface area contributed by atoms with Crippen molar-refractivity contribution in [3.05, 3.63) is 106 Å². The number of aromatic nitrogens is 4.